The maximum absolute atomic E-state index is 11.6. The van der Waals surface area contributed by atoms with Gasteiger partial charge in [0.25, 0.3) is 0 Å². The van der Waals surface area contributed by atoms with Gasteiger partial charge in [-0.05, 0) is 37.3 Å². The first kappa shape index (κ1) is 14.8. The fourth-order valence-electron chi connectivity index (χ4n) is 2.50. The molecule has 1 amide bonds. The van der Waals surface area contributed by atoms with Crippen molar-refractivity contribution < 1.29 is 4.79 Å². The number of unbranched alkanes of at least 4 members (excludes halogenated alkanes) is 1. The monoisotopic (exact) mass is 276 g/mol. The Morgan fingerprint density at radius 3 is 2.95 bits per heavy atom. The molecular formula is C15H24N4O. The van der Waals surface area contributed by atoms with E-state index in [2.05, 4.69) is 34.3 Å². The van der Waals surface area contributed by atoms with Crippen molar-refractivity contribution in [3.05, 3.63) is 12.1 Å². The van der Waals surface area contributed by atoms with Gasteiger partial charge in [0.1, 0.15) is 0 Å². The van der Waals surface area contributed by atoms with E-state index >= 15 is 0 Å². The zero-order chi connectivity index (χ0) is 14.4. The largest absolute Gasteiger partial charge is 0.355 e. The summed E-state index contributed by atoms with van der Waals surface area (Å²) < 4.78 is 0. The lowest BCUT2D eigenvalue weighted by molar-refractivity contribution is -0.116. The summed E-state index contributed by atoms with van der Waals surface area (Å²) in [5.74, 6) is 2.17. The first-order valence-electron chi connectivity index (χ1n) is 7.57. The van der Waals surface area contributed by atoms with E-state index in [4.69, 9.17) is 0 Å². The molecule has 1 aromatic heterocycles. The summed E-state index contributed by atoms with van der Waals surface area (Å²) in [5, 5.41) is 11.1. The lowest BCUT2D eigenvalue weighted by Crippen LogP contribution is -2.34. The van der Waals surface area contributed by atoms with Crippen LogP contribution < -0.4 is 10.2 Å². The Morgan fingerprint density at radius 1 is 1.45 bits per heavy atom. The standard InChI is InChI=1S/C15H24N4O/c1-3-4-7-15(20)16-13-8-9-14(18-17-13)19-10-5-6-12(2)11-19/h8-9,12H,3-7,10-11H2,1-2H3,(H,16,17,20). The fraction of sp³-hybridized carbons (Fsp3) is 0.667. The van der Waals surface area contributed by atoms with Gasteiger partial charge in [-0.15, -0.1) is 10.2 Å². The third-order valence-corrected chi connectivity index (χ3v) is 3.66. The van der Waals surface area contributed by atoms with E-state index in [1.54, 1.807) is 0 Å². The number of nitrogens with zero attached hydrogens (tertiary/aromatic N) is 3. The summed E-state index contributed by atoms with van der Waals surface area (Å²) in [6.07, 6.45) is 4.96. The quantitative estimate of drug-likeness (QED) is 0.898. The summed E-state index contributed by atoms with van der Waals surface area (Å²) in [5.41, 5.74) is 0. The van der Waals surface area contributed by atoms with Crippen LogP contribution in [0, 0.1) is 5.92 Å². The molecule has 5 heteroatoms. The lowest BCUT2D eigenvalue weighted by Gasteiger charge is -2.31. The summed E-state index contributed by atoms with van der Waals surface area (Å²) in [6, 6.07) is 3.78. The highest BCUT2D eigenvalue weighted by atomic mass is 16.1. The van der Waals surface area contributed by atoms with Gasteiger partial charge in [0, 0.05) is 19.5 Å². The second-order valence-corrected chi connectivity index (χ2v) is 5.62. The van der Waals surface area contributed by atoms with Crippen molar-refractivity contribution in [2.45, 2.75) is 46.0 Å². The normalized spacial score (nSPS) is 18.9. The van der Waals surface area contributed by atoms with Gasteiger partial charge in [-0.1, -0.05) is 20.3 Å². The van der Waals surface area contributed by atoms with Gasteiger partial charge in [-0.2, -0.15) is 0 Å². The maximum Gasteiger partial charge on any atom is 0.225 e. The zero-order valence-electron chi connectivity index (χ0n) is 12.4. The molecule has 1 aromatic rings. The number of hydrogen-bond acceptors (Lipinski definition) is 4. The summed E-state index contributed by atoms with van der Waals surface area (Å²) in [4.78, 5) is 13.9. The van der Waals surface area contributed by atoms with Crippen LogP contribution in [0.1, 0.15) is 46.0 Å². The molecule has 1 N–H and O–H groups in total. The third kappa shape index (κ3) is 4.18. The predicted octanol–water partition coefficient (Wildman–Crippen LogP) is 2.84. The number of hydrogen-bond donors (Lipinski definition) is 1. The van der Waals surface area contributed by atoms with Gasteiger partial charge in [0.05, 0.1) is 0 Å². The first-order chi connectivity index (χ1) is 9.69. The van der Waals surface area contributed by atoms with Crippen molar-refractivity contribution in [2.75, 3.05) is 23.3 Å². The minimum atomic E-state index is 0.0143. The summed E-state index contributed by atoms with van der Waals surface area (Å²) >= 11 is 0. The van der Waals surface area contributed by atoms with Crippen LogP contribution in [0.5, 0.6) is 0 Å². The van der Waals surface area contributed by atoms with Crippen LogP contribution in [0.4, 0.5) is 11.6 Å². The molecule has 1 aliphatic heterocycles. The number of rotatable bonds is 5. The number of piperidine rings is 1. The Hall–Kier alpha value is -1.65. The van der Waals surface area contributed by atoms with Crippen molar-refractivity contribution in [1.29, 1.82) is 0 Å². The van der Waals surface area contributed by atoms with E-state index in [1.165, 1.54) is 12.8 Å². The van der Waals surface area contributed by atoms with Gasteiger partial charge in [0.15, 0.2) is 11.6 Å². The Labute approximate surface area is 120 Å². The third-order valence-electron chi connectivity index (χ3n) is 3.66. The van der Waals surface area contributed by atoms with E-state index in [-0.39, 0.29) is 5.91 Å². The van der Waals surface area contributed by atoms with Gasteiger partial charge in [-0.3, -0.25) is 4.79 Å². The van der Waals surface area contributed by atoms with Gasteiger partial charge in [0.2, 0.25) is 5.91 Å². The second kappa shape index (κ2) is 7.22. The van der Waals surface area contributed by atoms with Crippen molar-refractivity contribution in [1.82, 2.24) is 10.2 Å². The number of carbonyl (C=O) groups excluding carboxylic acids is 1. The molecule has 2 heterocycles. The maximum atomic E-state index is 11.6. The molecule has 1 fully saturated rings. The van der Waals surface area contributed by atoms with Crippen LogP contribution in [0.15, 0.2) is 12.1 Å². The molecule has 0 spiro atoms. The highest BCUT2D eigenvalue weighted by Crippen LogP contribution is 2.21. The molecule has 5 nitrogen and oxygen atoms in total. The van der Waals surface area contributed by atoms with Crippen LogP contribution in [0.3, 0.4) is 0 Å². The molecule has 1 saturated heterocycles. The van der Waals surface area contributed by atoms with E-state index in [0.29, 0.717) is 18.2 Å². The highest BCUT2D eigenvalue weighted by molar-refractivity contribution is 5.89. The van der Waals surface area contributed by atoms with E-state index in [1.807, 2.05) is 12.1 Å². The molecule has 1 unspecified atom stereocenters. The molecule has 1 aliphatic rings. The number of aromatic nitrogens is 2. The van der Waals surface area contributed by atoms with Crippen molar-refractivity contribution >= 4 is 17.5 Å². The van der Waals surface area contributed by atoms with Gasteiger partial charge < -0.3 is 10.2 Å². The molecule has 0 aliphatic carbocycles. The lowest BCUT2D eigenvalue weighted by atomic mass is 10.0. The van der Waals surface area contributed by atoms with E-state index in [9.17, 15) is 4.79 Å². The predicted molar refractivity (Wildman–Crippen MR) is 80.8 cm³/mol. The Balaban J connectivity index is 1.90. The van der Waals surface area contributed by atoms with Crippen molar-refractivity contribution in [2.24, 2.45) is 5.92 Å². The Morgan fingerprint density at radius 2 is 2.30 bits per heavy atom. The number of nitrogens with one attached hydrogen (secondary N) is 1. The fourth-order valence-corrected chi connectivity index (χ4v) is 2.50. The molecular weight excluding hydrogens is 252 g/mol. The molecule has 0 aromatic carbocycles. The minimum Gasteiger partial charge on any atom is -0.355 e. The van der Waals surface area contributed by atoms with Gasteiger partial charge in [-0.25, -0.2) is 0 Å². The van der Waals surface area contributed by atoms with Crippen molar-refractivity contribution in [3.63, 3.8) is 0 Å². The smallest absolute Gasteiger partial charge is 0.225 e. The number of anilines is 2. The zero-order valence-corrected chi connectivity index (χ0v) is 12.4. The van der Waals surface area contributed by atoms with Crippen LogP contribution in [0.25, 0.3) is 0 Å². The average Bonchev–Trinajstić information content (AvgIpc) is 2.46. The Bertz CT molecular complexity index is 432. The van der Waals surface area contributed by atoms with Crippen LogP contribution in [-0.2, 0) is 4.79 Å². The topological polar surface area (TPSA) is 58.1 Å². The van der Waals surface area contributed by atoms with Crippen LogP contribution in [-0.4, -0.2) is 29.2 Å². The summed E-state index contributed by atoms with van der Waals surface area (Å²) in [6.45, 7) is 6.42. The molecule has 20 heavy (non-hydrogen) atoms. The molecule has 2 rings (SSSR count). The highest BCUT2D eigenvalue weighted by Gasteiger charge is 2.17. The SMILES string of the molecule is CCCCC(=O)Nc1ccc(N2CCCC(C)C2)nn1. The first-order valence-corrected chi connectivity index (χ1v) is 7.57. The number of amides is 1. The average molecular weight is 276 g/mol. The summed E-state index contributed by atoms with van der Waals surface area (Å²) in [7, 11) is 0. The number of carbonyl (C=O) groups is 1. The van der Waals surface area contributed by atoms with E-state index < -0.39 is 0 Å². The van der Waals surface area contributed by atoms with Gasteiger partial charge >= 0.3 is 0 Å². The Kier molecular flexibility index (Phi) is 5.32. The van der Waals surface area contributed by atoms with E-state index in [0.717, 1.165) is 31.7 Å². The van der Waals surface area contributed by atoms with Crippen LogP contribution >= 0.6 is 0 Å². The van der Waals surface area contributed by atoms with Crippen LogP contribution in [0.2, 0.25) is 0 Å². The molecule has 0 bridgehead atoms. The molecule has 1 atom stereocenters. The molecule has 0 radical (unpaired) electrons. The molecule has 110 valence electrons. The minimum absolute atomic E-state index is 0.0143. The molecule has 0 saturated carbocycles. The van der Waals surface area contributed by atoms with Crippen molar-refractivity contribution in [3.8, 4) is 0 Å². The second-order valence-electron chi connectivity index (χ2n) is 5.62.